The fourth-order valence-corrected chi connectivity index (χ4v) is 2.36. The van der Waals surface area contributed by atoms with Gasteiger partial charge in [0.25, 0.3) is 0 Å². The Labute approximate surface area is 103 Å². The molecular weight excluding hydrogens is 240 g/mol. The predicted octanol–water partition coefficient (Wildman–Crippen LogP) is 4.01. The molecule has 0 radical (unpaired) electrons. The molecule has 1 nitrogen and oxygen atoms in total. The third kappa shape index (κ3) is 2.77. The maximum atomic E-state index is 13.4. The van der Waals surface area contributed by atoms with Gasteiger partial charge in [0.1, 0.15) is 11.6 Å². The average Bonchev–Trinajstić information content (AvgIpc) is 2.29. The Morgan fingerprint density at radius 2 is 1.82 bits per heavy atom. The van der Waals surface area contributed by atoms with Crippen LogP contribution in [0, 0.1) is 18.6 Å². The summed E-state index contributed by atoms with van der Waals surface area (Å²) in [6.07, 6.45) is 0. The van der Waals surface area contributed by atoms with Crippen molar-refractivity contribution in [2.45, 2.75) is 16.7 Å². The van der Waals surface area contributed by atoms with Gasteiger partial charge in [-0.15, -0.1) is 0 Å². The van der Waals surface area contributed by atoms with E-state index in [4.69, 9.17) is 5.73 Å². The molecular formula is C13H11F2NS. The number of aryl methyl sites for hydroxylation is 1. The van der Waals surface area contributed by atoms with Crippen LogP contribution in [0.2, 0.25) is 0 Å². The van der Waals surface area contributed by atoms with Crippen molar-refractivity contribution in [1.29, 1.82) is 0 Å². The second-order valence-electron chi connectivity index (χ2n) is 3.70. The van der Waals surface area contributed by atoms with Crippen molar-refractivity contribution in [1.82, 2.24) is 0 Å². The molecule has 0 saturated heterocycles. The molecule has 0 saturated carbocycles. The molecule has 0 unspecified atom stereocenters. The summed E-state index contributed by atoms with van der Waals surface area (Å²) in [5.41, 5.74) is 7.30. The molecule has 0 fully saturated rings. The Morgan fingerprint density at radius 3 is 2.53 bits per heavy atom. The summed E-state index contributed by atoms with van der Waals surface area (Å²) in [6, 6.07) is 8.82. The van der Waals surface area contributed by atoms with Gasteiger partial charge < -0.3 is 5.73 Å². The van der Waals surface area contributed by atoms with E-state index >= 15 is 0 Å². The molecule has 0 aliphatic heterocycles. The highest BCUT2D eigenvalue weighted by Crippen LogP contribution is 2.31. The molecule has 0 bridgehead atoms. The first kappa shape index (κ1) is 11.9. The lowest BCUT2D eigenvalue weighted by molar-refractivity contribution is 0.577. The summed E-state index contributed by atoms with van der Waals surface area (Å²) < 4.78 is 26.4. The molecule has 0 aromatic heterocycles. The standard InChI is InChI=1S/C13H11F2NS/c1-8-6-10(3-5-12(8)16)17-13-7-9(14)2-4-11(13)15/h2-7H,16H2,1H3. The zero-order valence-corrected chi connectivity index (χ0v) is 10.0. The van der Waals surface area contributed by atoms with Crippen LogP contribution < -0.4 is 5.73 Å². The third-order valence-corrected chi connectivity index (χ3v) is 3.38. The topological polar surface area (TPSA) is 26.0 Å². The van der Waals surface area contributed by atoms with E-state index in [0.717, 1.165) is 22.6 Å². The van der Waals surface area contributed by atoms with Crippen LogP contribution in [0.1, 0.15) is 5.56 Å². The van der Waals surface area contributed by atoms with Crippen molar-refractivity contribution < 1.29 is 8.78 Å². The maximum Gasteiger partial charge on any atom is 0.137 e. The molecule has 2 aromatic rings. The number of nitrogens with two attached hydrogens (primary N) is 1. The molecule has 88 valence electrons. The van der Waals surface area contributed by atoms with Crippen LogP contribution >= 0.6 is 11.8 Å². The van der Waals surface area contributed by atoms with Crippen molar-refractivity contribution in [2.24, 2.45) is 0 Å². The minimum absolute atomic E-state index is 0.272. The fourth-order valence-electron chi connectivity index (χ4n) is 1.39. The van der Waals surface area contributed by atoms with Gasteiger partial charge in [0.15, 0.2) is 0 Å². The Kier molecular flexibility index (Phi) is 3.33. The molecule has 0 atom stereocenters. The molecule has 0 aliphatic carbocycles. The van der Waals surface area contributed by atoms with Crippen molar-refractivity contribution in [2.75, 3.05) is 5.73 Å². The summed E-state index contributed by atoms with van der Waals surface area (Å²) >= 11 is 1.18. The van der Waals surface area contributed by atoms with Crippen LogP contribution in [0.5, 0.6) is 0 Å². The largest absolute Gasteiger partial charge is 0.399 e. The molecule has 0 aliphatic rings. The Balaban J connectivity index is 2.31. The fraction of sp³-hybridized carbons (Fsp3) is 0.0769. The monoisotopic (exact) mass is 251 g/mol. The molecule has 2 rings (SSSR count). The lowest BCUT2D eigenvalue weighted by Gasteiger charge is -2.06. The van der Waals surface area contributed by atoms with E-state index in [9.17, 15) is 8.78 Å². The molecule has 0 heterocycles. The van der Waals surface area contributed by atoms with Crippen molar-refractivity contribution in [3.63, 3.8) is 0 Å². The predicted molar refractivity (Wildman–Crippen MR) is 66.1 cm³/mol. The van der Waals surface area contributed by atoms with Gasteiger partial charge in [-0.2, -0.15) is 0 Å². The lowest BCUT2D eigenvalue weighted by Crippen LogP contribution is -1.89. The van der Waals surface area contributed by atoms with Crippen LogP contribution in [0.4, 0.5) is 14.5 Å². The van der Waals surface area contributed by atoms with E-state index in [1.54, 1.807) is 12.1 Å². The van der Waals surface area contributed by atoms with Crippen molar-refractivity contribution in [3.05, 3.63) is 53.6 Å². The molecule has 0 spiro atoms. The summed E-state index contributed by atoms with van der Waals surface area (Å²) in [5.74, 6) is -0.869. The first-order chi connectivity index (χ1) is 8.06. The minimum Gasteiger partial charge on any atom is -0.399 e. The Morgan fingerprint density at radius 1 is 1.06 bits per heavy atom. The van der Waals surface area contributed by atoms with E-state index in [1.165, 1.54) is 17.8 Å². The number of nitrogen functional groups attached to an aromatic ring is 1. The van der Waals surface area contributed by atoms with E-state index in [1.807, 2.05) is 13.0 Å². The second kappa shape index (κ2) is 4.75. The van der Waals surface area contributed by atoms with Crippen LogP contribution in [-0.4, -0.2) is 0 Å². The zero-order valence-electron chi connectivity index (χ0n) is 9.21. The summed E-state index contributed by atoms with van der Waals surface area (Å²) in [4.78, 5) is 1.11. The molecule has 2 N–H and O–H groups in total. The Hall–Kier alpha value is -1.55. The van der Waals surface area contributed by atoms with Gasteiger partial charge in [0, 0.05) is 10.6 Å². The van der Waals surface area contributed by atoms with E-state index in [-0.39, 0.29) is 4.90 Å². The van der Waals surface area contributed by atoms with Gasteiger partial charge in [-0.1, -0.05) is 11.8 Å². The summed E-state index contributed by atoms with van der Waals surface area (Å²) in [6.45, 7) is 1.88. The first-order valence-corrected chi connectivity index (χ1v) is 5.87. The van der Waals surface area contributed by atoms with Gasteiger partial charge in [-0.05, 0) is 48.9 Å². The number of anilines is 1. The number of benzene rings is 2. The molecule has 17 heavy (non-hydrogen) atoms. The van der Waals surface area contributed by atoms with E-state index in [0.29, 0.717) is 5.69 Å². The molecule has 0 amide bonds. The molecule has 2 aromatic carbocycles. The third-order valence-electron chi connectivity index (χ3n) is 2.36. The van der Waals surface area contributed by atoms with Crippen LogP contribution in [-0.2, 0) is 0 Å². The number of hydrogen-bond acceptors (Lipinski definition) is 2. The lowest BCUT2D eigenvalue weighted by atomic mass is 10.2. The van der Waals surface area contributed by atoms with Gasteiger partial charge in [-0.3, -0.25) is 0 Å². The maximum absolute atomic E-state index is 13.4. The van der Waals surface area contributed by atoms with E-state index in [2.05, 4.69) is 0 Å². The van der Waals surface area contributed by atoms with Gasteiger partial charge in [-0.25, -0.2) is 8.78 Å². The number of rotatable bonds is 2. The van der Waals surface area contributed by atoms with Crippen LogP contribution in [0.25, 0.3) is 0 Å². The number of hydrogen-bond donors (Lipinski definition) is 1. The van der Waals surface area contributed by atoms with Crippen LogP contribution in [0.3, 0.4) is 0 Å². The Bertz CT molecular complexity index is 555. The van der Waals surface area contributed by atoms with Crippen LogP contribution in [0.15, 0.2) is 46.2 Å². The highest BCUT2D eigenvalue weighted by molar-refractivity contribution is 7.99. The van der Waals surface area contributed by atoms with E-state index < -0.39 is 11.6 Å². The normalized spacial score (nSPS) is 10.5. The van der Waals surface area contributed by atoms with Crippen molar-refractivity contribution in [3.8, 4) is 0 Å². The van der Waals surface area contributed by atoms with Gasteiger partial charge >= 0.3 is 0 Å². The smallest absolute Gasteiger partial charge is 0.137 e. The summed E-state index contributed by atoms with van der Waals surface area (Å²) in [7, 11) is 0. The van der Waals surface area contributed by atoms with Gasteiger partial charge in [0.2, 0.25) is 0 Å². The minimum atomic E-state index is -0.443. The summed E-state index contributed by atoms with van der Waals surface area (Å²) in [5, 5.41) is 0. The number of halogens is 2. The first-order valence-electron chi connectivity index (χ1n) is 5.05. The molecule has 4 heteroatoms. The zero-order chi connectivity index (χ0) is 12.4. The highest BCUT2D eigenvalue weighted by Gasteiger charge is 2.06. The highest BCUT2D eigenvalue weighted by atomic mass is 32.2. The van der Waals surface area contributed by atoms with Gasteiger partial charge in [0.05, 0.1) is 4.90 Å². The second-order valence-corrected chi connectivity index (χ2v) is 4.81. The average molecular weight is 251 g/mol. The van der Waals surface area contributed by atoms with Crippen molar-refractivity contribution >= 4 is 17.4 Å². The quantitative estimate of drug-likeness (QED) is 0.816. The SMILES string of the molecule is Cc1cc(Sc2cc(F)ccc2F)ccc1N.